The fourth-order valence-electron chi connectivity index (χ4n) is 2.44. The highest BCUT2D eigenvalue weighted by atomic mass is 32.1. The van der Waals surface area contributed by atoms with Gasteiger partial charge < -0.3 is 5.11 Å². The lowest BCUT2D eigenvalue weighted by molar-refractivity contribution is -0.139. The largest absolute Gasteiger partial charge is 0.480 e. The van der Waals surface area contributed by atoms with E-state index in [0.29, 0.717) is 12.5 Å². The maximum Gasteiger partial charge on any atom is 0.325 e. The number of carboxylic acid groups (broad SMARTS) is 1. The monoisotopic (exact) mass is 302 g/mol. The van der Waals surface area contributed by atoms with Crippen LogP contribution >= 0.6 is 11.3 Å². The van der Waals surface area contributed by atoms with E-state index in [2.05, 4.69) is 10.3 Å². The van der Waals surface area contributed by atoms with Crippen LogP contribution in [0.4, 0.5) is 0 Å². The van der Waals surface area contributed by atoms with Crippen LogP contribution in [0.3, 0.4) is 0 Å². The third kappa shape index (κ3) is 3.31. The summed E-state index contributed by atoms with van der Waals surface area (Å²) < 4.78 is 0. The summed E-state index contributed by atoms with van der Waals surface area (Å²) in [5, 5.41) is 13.7. The second-order valence-corrected chi connectivity index (χ2v) is 6.50. The number of carboxylic acids is 1. The first-order valence-electron chi connectivity index (χ1n) is 7.20. The van der Waals surface area contributed by atoms with Gasteiger partial charge in [0, 0.05) is 23.5 Å². The van der Waals surface area contributed by atoms with Crippen molar-refractivity contribution in [1.82, 2.24) is 10.3 Å². The molecule has 0 amide bonds. The van der Waals surface area contributed by atoms with Crippen molar-refractivity contribution in [3.05, 3.63) is 52.0 Å². The van der Waals surface area contributed by atoms with E-state index >= 15 is 0 Å². The molecule has 0 unspecified atom stereocenters. The number of carbonyl (C=O) groups is 1. The molecule has 1 atom stereocenters. The molecule has 0 spiro atoms. The van der Waals surface area contributed by atoms with Gasteiger partial charge in [0.25, 0.3) is 0 Å². The van der Waals surface area contributed by atoms with Gasteiger partial charge in [0.1, 0.15) is 6.04 Å². The lowest BCUT2D eigenvalue weighted by Gasteiger charge is -2.22. The number of hydrogen-bond acceptors (Lipinski definition) is 4. The van der Waals surface area contributed by atoms with Crippen molar-refractivity contribution in [2.45, 2.75) is 37.8 Å². The molecule has 5 heteroatoms. The number of hydrogen-bond donors (Lipinski definition) is 2. The van der Waals surface area contributed by atoms with Crippen LogP contribution in [0, 0.1) is 0 Å². The molecule has 1 aromatic carbocycles. The van der Waals surface area contributed by atoms with E-state index in [1.54, 1.807) is 11.3 Å². The van der Waals surface area contributed by atoms with E-state index in [1.165, 1.54) is 24.3 Å². The Kier molecular flexibility index (Phi) is 4.31. The molecule has 0 aliphatic heterocycles. The van der Waals surface area contributed by atoms with Gasteiger partial charge in [-0.3, -0.25) is 10.1 Å². The molecule has 0 saturated heterocycles. The number of aromatic nitrogens is 1. The van der Waals surface area contributed by atoms with E-state index in [-0.39, 0.29) is 0 Å². The summed E-state index contributed by atoms with van der Waals surface area (Å²) in [7, 11) is 0. The van der Waals surface area contributed by atoms with Gasteiger partial charge in [0.05, 0.1) is 5.01 Å². The lowest BCUT2D eigenvalue weighted by Crippen LogP contribution is -2.27. The Hall–Kier alpha value is -1.72. The third-order valence-electron chi connectivity index (χ3n) is 3.89. The molecule has 0 bridgehead atoms. The van der Waals surface area contributed by atoms with Crippen LogP contribution in [0.25, 0.3) is 0 Å². The molecule has 21 heavy (non-hydrogen) atoms. The topological polar surface area (TPSA) is 62.2 Å². The SMILES string of the molecule is O=C(O)[C@H](NCc1cnc(C2CCC2)s1)c1ccccc1. The fraction of sp³-hybridized carbons (Fsp3) is 0.375. The minimum atomic E-state index is -0.857. The highest BCUT2D eigenvalue weighted by Gasteiger charge is 2.23. The first kappa shape index (κ1) is 14.2. The molecule has 1 fully saturated rings. The average molecular weight is 302 g/mol. The van der Waals surface area contributed by atoms with Gasteiger partial charge in [-0.15, -0.1) is 11.3 Å². The maximum absolute atomic E-state index is 11.4. The molecule has 0 radical (unpaired) electrons. The molecular formula is C16H18N2O2S. The van der Waals surface area contributed by atoms with Gasteiger partial charge in [-0.2, -0.15) is 0 Å². The zero-order chi connectivity index (χ0) is 14.7. The predicted molar refractivity (Wildman–Crippen MR) is 82.4 cm³/mol. The van der Waals surface area contributed by atoms with E-state index in [1.807, 2.05) is 36.5 Å². The fourth-order valence-corrected chi connectivity index (χ4v) is 3.48. The highest BCUT2D eigenvalue weighted by molar-refractivity contribution is 7.11. The smallest absolute Gasteiger partial charge is 0.325 e. The molecule has 4 nitrogen and oxygen atoms in total. The number of thiazole rings is 1. The standard InChI is InChI=1S/C16H18N2O2S/c19-16(20)14(11-5-2-1-3-6-11)17-9-13-10-18-15(21-13)12-7-4-8-12/h1-3,5-6,10,12,14,17H,4,7-9H2,(H,19,20)/t14-/m1/s1. The van der Waals surface area contributed by atoms with Crippen LogP contribution in [0.15, 0.2) is 36.5 Å². The zero-order valence-electron chi connectivity index (χ0n) is 11.7. The number of nitrogens with one attached hydrogen (secondary N) is 1. The van der Waals surface area contributed by atoms with Crippen molar-refractivity contribution >= 4 is 17.3 Å². The second kappa shape index (κ2) is 6.37. The zero-order valence-corrected chi connectivity index (χ0v) is 12.5. The first-order valence-corrected chi connectivity index (χ1v) is 8.01. The summed E-state index contributed by atoms with van der Waals surface area (Å²) in [5.74, 6) is -0.224. The quantitative estimate of drug-likeness (QED) is 0.859. The molecule has 3 rings (SSSR count). The van der Waals surface area contributed by atoms with Crippen LogP contribution < -0.4 is 5.32 Å². The van der Waals surface area contributed by atoms with E-state index < -0.39 is 12.0 Å². The summed E-state index contributed by atoms with van der Waals surface area (Å²) in [4.78, 5) is 17.0. The van der Waals surface area contributed by atoms with Gasteiger partial charge in [0.15, 0.2) is 0 Å². The van der Waals surface area contributed by atoms with Crippen LogP contribution in [0.2, 0.25) is 0 Å². The highest BCUT2D eigenvalue weighted by Crippen LogP contribution is 2.38. The Morgan fingerprint density at radius 1 is 1.38 bits per heavy atom. The Bertz CT molecular complexity index is 608. The summed E-state index contributed by atoms with van der Waals surface area (Å²) in [6, 6.07) is 8.58. The number of nitrogens with zero attached hydrogens (tertiary/aromatic N) is 1. The number of benzene rings is 1. The molecule has 2 aromatic rings. The second-order valence-electron chi connectivity index (χ2n) is 5.36. The molecule has 110 valence electrons. The minimum Gasteiger partial charge on any atom is -0.480 e. The maximum atomic E-state index is 11.4. The van der Waals surface area contributed by atoms with Crippen LogP contribution in [-0.2, 0) is 11.3 Å². The van der Waals surface area contributed by atoms with Crippen LogP contribution in [0.5, 0.6) is 0 Å². The third-order valence-corrected chi connectivity index (χ3v) is 5.05. The Balaban J connectivity index is 1.64. The summed E-state index contributed by atoms with van der Waals surface area (Å²) in [6.07, 6.45) is 5.65. The van der Waals surface area contributed by atoms with Crippen molar-refractivity contribution in [2.24, 2.45) is 0 Å². The number of rotatable bonds is 6. The first-order chi connectivity index (χ1) is 10.2. The van der Waals surface area contributed by atoms with Gasteiger partial charge >= 0.3 is 5.97 Å². The van der Waals surface area contributed by atoms with E-state index in [9.17, 15) is 9.90 Å². The molecular weight excluding hydrogens is 284 g/mol. The van der Waals surface area contributed by atoms with E-state index in [4.69, 9.17) is 0 Å². The summed E-state index contributed by atoms with van der Waals surface area (Å²) in [6.45, 7) is 0.538. The predicted octanol–water partition coefficient (Wildman–Crippen LogP) is 3.33. The van der Waals surface area contributed by atoms with Gasteiger partial charge in [-0.1, -0.05) is 36.8 Å². The molecule has 1 saturated carbocycles. The van der Waals surface area contributed by atoms with Crippen LogP contribution in [-0.4, -0.2) is 16.1 Å². The Morgan fingerprint density at radius 3 is 2.76 bits per heavy atom. The minimum absolute atomic E-state index is 0.538. The summed E-state index contributed by atoms with van der Waals surface area (Å²) in [5.41, 5.74) is 0.772. The Morgan fingerprint density at radius 2 is 2.14 bits per heavy atom. The van der Waals surface area contributed by atoms with E-state index in [0.717, 1.165) is 10.4 Å². The van der Waals surface area contributed by atoms with Crippen molar-refractivity contribution in [3.63, 3.8) is 0 Å². The lowest BCUT2D eigenvalue weighted by atomic mass is 9.86. The normalized spacial score (nSPS) is 16.4. The average Bonchev–Trinajstić information content (AvgIpc) is 2.86. The Labute approximate surface area is 127 Å². The van der Waals surface area contributed by atoms with Crippen molar-refractivity contribution in [1.29, 1.82) is 0 Å². The molecule has 1 heterocycles. The van der Waals surface area contributed by atoms with Crippen molar-refractivity contribution in [2.75, 3.05) is 0 Å². The molecule has 1 aliphatic carbocycles. The molecule has 2 N–H and O–H groups in total. The van der Waals surface area contributed by atoms with Gasteiger partial charge in [0.2, 0.25) is 0 Å². The van der Waals surface area contributed by atoms with Gasteiger partial charge in [-0.25, -0.2) is 4.98 Å². The van der Waals surface area contributed by atoms with Crippen molar-refractivity contribution < 1.29 is 9.90 Å². The van der Waals surface area contributed by atoms with Gasteiger partial charge in [-0.05, 0) is 18.4 Å². The van der Waals surface area contributed by atoms with Crippen molar-refractivity contribution in [3.8, 4) is 0 Å². The number of aliphatic carboxylic acids is 1. The molecule has 1 aromatic heterocycles. The van der Waals surface area contributed by atoms with Crippen LogP contribution in [0.1, 0.15) is 46.7 Å². The summed E-state index contributed by atoms with van der Waals surface area (Å²) >= 11 is 1.70. The molecule has 1 aliphatic rings.